The van der Waals surface area contributed by atoms with Crippen molar-refractivity contribution in [2.45, 2.75) is 34.1 Å². The summed E-state index contributed by atoms with van der Waals surface area (Å²) in [7, 11) is 0. The van der Waals surface area contributed by atoms with Crippen LogP contribution < -0.4 is 15.5 Å². The van der Waals surface area contributed by atoms with Crippen LogP contribution in [0.25, 0.3) is 0 Å². The molecule has 0 fully saturated rings. The van der Waals surface area contributed by atoms with E-state index < -0.39 is 0 Å². The standard InChI is InChI=1S/C21H28N4O2/c1-5-10-23-20(26)16-12-17(14-22-13-16)21(27)24-19-9-8-18(11-15(19)4)25(6-2)7-3/h8-9,11-14H,5-7,10H2,1-4H3,(H,23,26)(H,24,27). The monoisotopic (exact) mass is 368 g/mol. The smallest absolute Gasteiger partial charge is 0.257 e. The number of hydrogen-bond acceptors (Lipinski definition) is 4. The molecule has 0 bridgehead atoms. The Balaban J connectivity index is 2.14. The molecule has 6 heteroatoms. The van der Waals surface area contributed by atoms with Gasteiger partial charge in [0.05, 0.1) is 11.1 Å². The maximum atomic E-state index is 12.6. The number of pyridine rings is 1. The maximum Gasteiger partial charge on any atom is 0.257 e. The van der Waals surface area contributed by atoms with Crippen molar-refractivity contribution in [2.24, 2.45) is 0 Å². The molecule has 0 aliphatic carbocycles. The van der Waals surface area contributed by atoms with E-state index in [9.17, 15) is 9.59 Å². The molecular formula is C21H28N4O2. The molecule has 1 heterocycles. The lowest BCUT2D eigenvalue weighted by molar-refractivity contribution is 0.0953. The van der Waals surface area contributed by atoms with Crippen molar-refractivity contribution in [3.05, 3.63) is 53.3 Å². The first-order valence-corrected chi connectivity index (χ1v) is 9.40. The zero-order chi connectivity index (χ0) is 19.8. The average molecular weight is 368 g/mol. The normalized spacial score (nSPS) is 10.4. The molecule has 0 aliphatic heterocycles. The summed E-state index contributed by atoms with van der Waals surface area (Å²) in [4.78, 5) is 30.9. The first-order chi connectivity index (χ1) is 13.0. The van der Waals surface area contributed by atoms with Gasteiger partial charge in [0.15, 0.2) is 0 Å². The van der Waals surface area contributed by atoms with E-state index in [-0.39, 0.29) is 11.8 Å². The molecule has 0 unspecified atom stereocenters. The van der Waals surface area contributed by atoms with Crippen molar-refractivity contribution < 1.29 is 9.59 Å². The fourth-order valence-electron chi connectivity index (χ4n) is 2.80. The minimum Gasteiger partial charge on any atom is -0.372 e. The third-order valence-electron chi connectivity index (χ3n) is 4.38. The highest BCUT2D eigenvalue weighted by Crippen LogP contribution is 2.23. The molecule has 1 aromatic heterocycles. The molecule has 144 valence electrons. The second-order valence-corrected chi connectivity index (χ2v) is 6.34. The van der Waals surface area contributed by atoms with Crippen LogP contribution in [0.2, 0.25) is 0 Å². The zero-order valence-corrected chi connectivity index (χ0v) is 16.5. The van der Waals surface area contributed by atoms with Gasteiger partial charge in [-0.2, -0.15) is 0 Å². The van der Waals surface area contributed by atoms with Crippen LogP contribution in [-0.2, 0) is 0 Å². The first kappa shape index (κ1) is 20.4. The second-order valence-electron chi connectivity index (χ2n) is 6.34. The van der Waals surface area contributed by atoms with Crippen molar-refractivity contribution >= 4 is 23.2 Å². The molecule has 2 amide bonds. The van der Waals surface area contributed by atoms with Gasteiger partial charge >= 0.3 is 0 Å². The van der Waals surface area contributed by atoms with Gasteiger partial charge in [0.1, 0.15) is 0 Å². The molecule has 27 heavy (non-hydrogen) atoms. The van der Waals surface area contributed by atoms with Gasteiger partial charge in [-0.1, -0.05) is 6.92 Å². The highest BCUT2D eigenvalue weighted by molar-refractivity contribution is 6.06. The molecule has 0 atom stereocenters. The molecule has 6 nitrogen and oxygen atoms in total. The van der Waals surface area contributed by atoms with Crippen LogP contribution in [0.15, 0.2) is 36.7 Å². The van der Waals surface area contributed by atoms with E-state index in [2.05, 4.69) is 40.4 Å². The minimum atomic E-state index is -0.286. The maximum absolute atomic E-state index is 12.6. The van der Waals surface area contributed by atoms with Crippen molar-refractivity contribution in [3.8, 4) is 0 Å². The number of hydrogen-bond donors (Lipinski definition) is 2. The van der Waals surface area contributed by atoms with E-state index in [4.69, 9.17) is 0 Å². The predicted molar refractivity (Wildman–Crippen MR) is 110 cm³/mol. The summed E-state index contributed by atoms with van der Waals surface area (Å²) in [6, 6.07) is 7.54. The summed E-state index contributed by atoms with van der Waals surface area (Å²) in [5.41, 5.74) is 3.59. The van der Waals surface area contributed by atoms with E-state index in [0.29, 0.717) is 17.7 Å². The van der Waals surface area contributed by atoms with Gasteiger partial charge in [-0.3, -0.25) is 14.6 Å². The summed E-state index contributed by atoms with van der Waals surface area (Å²) in [5.74, 6) is -0.509. The number of nitrogens with one attached hydrogen (secondary N) is 2. The number of nitrogens with zero attached hydrogens (tertiary/aromatic N) is 2. The average Bonchev–Trinajstić information content (AvgIpc) is 2.69. The Morgan fingerprint density at radius 1 is 1.00 bits per heavy atom. The summed E-state index contributed by atoms with van der Waals surface area (Å²) in [6.07, 6.45) is 3.78. The Labute approximate surface area is 161 Å². The van der Waals surface area contributed by atoms with E-state index in [1.165, 1.54) is 12.4 Å². The summed E-state index contributed by atoms with van der Waals surface area (Å²) < 4.78 is 0. The van der Waals surface area contributed by atoms with Crippen LogP contribution in [0.3, 0.4) is 0 Å². The van der Waals surface area contributed by atoms with Crippen molar-refractivity contribution in [2.75, 3.05) is 29.9 Å². The lowest BCUT2D eigenvalue weighted by Gasteiger charge is -2.22. The Bertz CT molecular complexity index is 801. The van der Waals surface area contributed by atoms with Crippen LogP contribution in [-0.4, -0.2) is 36.4 Å². The van der Waals surface area contributed by atoms with Crippen LogP contribution >= 0.6 is 0 Å². The number of carbonyl (C=O) groups excluding carboxylic acids is 2. The SMILES string of the molecule is CCCNC(=O)c1cncc(C(=O)Nc2ccc(N(CC)CC)cc2C)c1. The molecule has 2 rings (SSSR count). The van der Waals surface area contributed by atoms with Crippen LogP contribution in [0.5, 0.6) is 0 Å². The lowest BCUT2D eigenvalue weighted by atomic mass is 10.1. The van der Waals surface area contributed by atoms with Gasteiger partial charge in [0.25, 0.3) is 11.8 Å². The molecule has 1 aromatic carbocycles. The number of amides is 2. The predicted octanol–water partition coefficient (Wildman–Crippen LogP) is 3.63. The molecule has 0 aliphatic rings. The van der Waals surface area contributed by atoms with E-state index >= 15 is 0 Å². The molecule has 0 saturated heterocycles. The fraction of sp³-hybridized carbons (Fsp3) is 0.381. The largest absolute Gasteiger partial charge is 0.372 e. The topological polar surface area (TPSA) is 74.3 Å². The Morgan fingerprint density at radius 2 is 1.67 bits per heavy atom. The highest BCUT2D eigenvalue weighted by Gasteiger charge is 2.13. The molecule has 0 spiro atoms. The number of benzene rings is 1. The van der Waals surface area contributed by atoms with Crippen molar-refractivity contribution in [3.63, 3.8) is 0 Å². The van der Waals surface area contributed by atoms with Gasteiger partial charge in [0.2, 0.25) is 0 Å². The van der Waals surface area contributed by atoms with Gasteiger partial charge in [-0.15, -0.1) is 0 Å². The highest BCUT2D eigenvalue weighted by atomic mass is 16.2. The number of aryl methyl sites for hydroxylation is 1. The van der Waals surface area contributed by atoms with Gasteiger partial charge in [0, 0.05) is 43.4 Å². The van der Waals surface area contributed by atoms with Crippen LogP contribution in [0.1, 0.15) is 53.5 Å². The first-order valence-electron chi connectivity index (χ1n) is 9.40. The summed E-state index contributed by atoms with van der Waals surface area (Å²) >= 11 is 0. The van der Waals surface area contributed by atoms with Gasteiger partial charge in [-0.05, 0) is 57.0 Å². The third-order valence-corrected chi connectivity index (χ3v) is 4.38. The number of anilines is 2. The van der Waals surface area contributed by atoms with E-state index in [0.717, 1.165) is 36.4 Å². The molecule has 2 N–H and O–H groups in total. The quantitative estimate of drug-likeness (QED) is 0.746. The zero-order valence-electron chi connectivity index (χ0n) is 16.5. The van der Waals surface area contributed by atoms with Crippen LogP contribution in [0, 0.1) is 6.92 Å². The second kappa shape index (κ2) is 9.71. The Morgan fingerprint density at radius 3 is 2.26 bits per heavy atom. The van der Waals surface area contributed by atoms with E-state index in [1.807, 2.05) is 26.0 Å². The fourth-order valence-corrected chi connectivity index (χ4v) is 2.80. The third kappa shape index (κ3) is 5.29. The number of aromatic nitrogens is 1. The summed E-state index contributed by atoms with van der Waals surface area (Å²) in [6.45, 7) is 10.6. The van der Waals surface area contributed by atoms with Crippen LogP contribution in [0.4, 0.5) is 11.4 Å². The number of carbonyl (C=O) groups is 2. The van der Waals surface area contributed by atoms with Crippen molar-refractivity contribution in [1.82, 2.24) is 10.3 Å². The molecular weight excluding hydrogens is 340 g/mol. The van der Waals surface area contributed by atoms with E-state index in [1.54, 1.807) is 6.07 Å². The van der Waals surface area contributed by atoms with Crippen molar-refractivity contribution in [1.29, 1.82) is 0 Å². The Hall–Kier alpha value is -2.89. The molecule has 0 saturated carbocycles. The van der Waals surface area contributed by atoms with Gasteiger partial charge in [-0.25, -0.2) is 0 Å². The molecule has 2 aromatic rings. The summed E-state index contributed by atoms with van der Waals surface area (Å²) in [5, 5.41) is 5.69. The minimum absolute atomic E-state index is 0.223. The van der Waals surface area contributed by atoms with Gasteiger partial charge < -0.3 is 15.5 Å². The Kier molecular flexibility index (Phi) is 7.34. The molecule has 0 radical (unpaired) electrons. The number of rotatable bonds is 8. The lowest BCUT2D eigenvalue weighted by Crippen LogP contribution is -2.24.